The lowest BCUT2D eigenvalue weighted by molar-refractivity contribution is -0.118. The number of ether oxygens (including phenoxy) is 1. The maximum Gasteiger partial charge on any atom is 0.241 e. The zero-order chi connectivity index (χ0) is 22.2. The SMILES string of the molecule is C#CCOc1nc(Nc2cccc(N(N)C(=O)CCc3ccc(O)cc3)c2)ncc1Br. The molecule has 0 aliphatic heterocycles. The number of terminal acetylenes is 1. The van der Waals surface area contributed by atoms with Crippen molar-refractivity contribution >= 4 is 39.2 Å². The molecule has 0 unspecified atom stereocenters. The molecule has 2 aromatic carbocycles. The minimum Gasteiger partial charge on any atom is -0.508 e. The van der Waals surface area contributed by atoms with Gasteiger partial charge in [0.05, 0.1) is 16.4 Å². The van der Waals surface area contributed by atoms with Crippen LogP contribution in [0.15, 0.2) is 59.2 Å². The van der Waals surface area contributed by atoms with Crippen LogP contribution in [0.5, 0.6) is 11.6 Å². The van der Waals surface area contributed by atoms with Gasteiger partial charge in [0, 0.05) is 12.1 Å². The first-order valence-electron chi connectivity index (χ1n) is 9.27. The summed E-state index contributed by atoms with van der Waals surface area (Å²) in [6, 6.07) is 13.7. The zero-order valence-corrected chi connectivity index (χ0v) is 18.0. The van der Waals surface area contributed by atoms with Gasteiger partial charge in [-0.1, -0.05) is 24.1 Å². The minimum atomic E-state index is -0.241. The zero-order valence-electron chi connectivity index (χ0n) is 16.5. The van der Waals surface area contributed by atoms with Gasteiger partial charge < -0.3 is 15.2 Å². The van der Waals surface area contributed by atoms with Crippen LogP contribution in [0.2, 0.25) is 0 Å². The second kappa shape index (κ2) is 10.4. The van der Waals surface area contributed by atoms with Crippen LogP contribution in [-0.2, 0) is 11.2 Å². The Morgan fingerprint density at radius 3 is 2.81 bits per heavy atom. The van der Waals surface area contributed by atoms with E-state index in [-0.39, 0.29) is 24.7 Å². The van der Waals surface area contributed by atoms with Crippen molar-refractivity contribution in [2.24, 2.45) is 5.84 Å². The Morgan fingerprint density at radius 2 is 2.06 bits per heavy atom. The molecule has 1 aromatic heterocycles. The Kier molecular flexibility index (Phi) is 7.43. The van der Waals surface area contributed by atoms with E-state index in [9.17, 15) is 9.90 Å². The molecule has 0 spiro atoms. The molecule has 1 heterocycles. The van der Waals surface area contributed by atoms with Crippen molar-refractivity contribution in [1.29, 1.82) is 0 Å². The molecular weight excluding hydrogens is 462 g/mol. The van der Waals surface area contributed by atoms with E-state index in [4.69, 9.17) is 17.0 Å². The predicted octanol–water partition coefficient (Wildman–Crippen LogP) is 3.54. The number of aryl methyl sites for hydroxylation is 1. The van der Waals surface area contributed by atoms with Crippen molar-refractivity contribution in [3.05, 3.63) is 64.8 Å². The van der Waals surface area contributed by atoms with Gasteiger partial charge in [0.1, 0.15) is 5.75 Å². The van der Waals surface area contributed by atoms with E-state index in [1.54, 1.807) is 54.7 Å². The number of carbonyl (C=O) groups excluding carboxylic acids is 1. The third-order valence-electron chi connectivity index (χ3n) is 4.22. The van der Waals surface area contributed by atoms with E-state index in [0.29, 0.717) is 34.1 Å². The van der Waals surface area contributed by atoms with E-state index in [1.165, 1.54) is 0 Å². The number of carbonyl (C=O) groups is 1. The molecule has 158 valence electrons. The number of amides is 1. The second-order valence-electron chi connectivity index (χ2n) is 6.45. The maximum absolute atomic E-state index is 12.5. The van der Waals surface area contributed by atoms with Gasteiger partial charge in [-0.3, -0.25) is 4.79 Å². The van der Waals surface area contributed by atoms with Gasteiger partial charge in [-0.2, -0.15) is 4.98 Å². The van der Waals surface area contributed by atoms with E-state index >= 15 is 0 Å². The number of aromatic hydroxyl groups is 1. The van der Waals surface area contributed by atoms with Crippen LogP contribution in [0.1, 0.15) is 12.0 Å². The molecule has 3 aromatic rings. The van der Waals surface area contributed by atoms with Crippen LogP contribution in [0.4, 0.5) is 17.3 Å². The van der Waals surface area contributed by atoms with Gasteiger partial charge in [0.2, 0.25) is 17.7 Å². The molecule has 0 saturated carbocycles. The molecule has 3 rings (SSSR count). The summed E-state index contributed by atoms with van der Waals surface area (Å²) in [6.45, 7) is 0.0823. The fourth-order valence-corrected chi connectivity index (χ4v) is 2.97. The number of nitrogens with one attached hydrogen (secondary N) is 1. The van der Waals surface area contributed by atoms with Gasteiger partial charge >= 0.3 is 0 Å². The monoisotopic (exact) mass is 481 g/mol. The molecule has 9 heteroatoms. The lowest BCUT2D eigenvalue weighted by Gasteiger charge is -2.18. The number of phenols is 1. The second-order valence-corrected chi connectivity index (χ2v) is 7.30. The maximum atomic E-state index is 12.5. The third kappa shape index (κ3) is 6.18. The quantitative estimate of drug-likeness (QED) is 0.195. The van der Waals surface area contributed by atoms with Gasteiger partial charge in [0.15, 0.2) is 6.61 Å². The number of nitrogens with two attached hydrogens (primary N) is 1. The van der Waals surface area contributed by atoms with Crippen molar-refractivity contribution in [3.63, 3.8) is 0 Å². The highest BCUT2D eigenvalue weighted by atomic mass is 79.9. The number of halogens is 1. The standard InChI is InChI=1S/C22H20BrN5O3/c1-2-12-31-21-19(23)14-25-22(27-21)26-16-4-3-5-17(13-16)28(24)20(30)11-8-15-6-9-18(29)10-7-15/h1,3-7,9-10,13-14,29H,8,11-12,24H2,(H,25,26,27). The average Bonchev–Trinajstić information content (AvgIpc) is 2.78. The number of hydrogen-bond donors (Lipinski definition) is 3. The topological polar surface area (TPSA) is 114 Å². The van der Waals surface area contributed by atoms with Crippen LogP contribution >= 0.6 is 15.9 Å². The summed E-state index contributed by atoms with van der Waals surface area (Å²) in [5.74, 6) is 8.97. The Bertz CT molecular complexity index is 1100. The number of nitrogens with zero attached hydrogens (tertiary/aromatic N) is 3. The van der Waals surface area contributed by atoms with Crippen molar-refractivity contribution in [3.8, 4) is 24.0 Å². The Morgan fingerprint density at radius 1 is 1.29 bits per heavy atom. The third-order valence-corrected chi connectivity index (χ3v) is 4.76. The summed E-state index contributed by atoms with van der Waals surface area (Å²) in [6.07, 6.45) is 7.50. The van der Waals surface area contributed by atoms with Gasteiger partial charge in [-0.15, -0.1) is 6.42 Å². The summed E-state index contributed by atoms with van der Waals surface area (Å²) in [5.41, 5.74) is 2.09. The first-order chi connectivity index (χ1) is 15.0. The molecule has 0 aliphatic rings. The number of aromatic nitrogens is 2. The largest absolute Gasteiger partial charge is 0.508 e. The highest BCUT2D eigenvalue weighted by Crippen LogP contribution is 2.25. The molecule has 8 nitrogen and oxygen atoms in total. The van der Waals surface area contributed by atoms with Crippen molar-refractivity contribution in [2.45, 2.75) is 12.8 Å². The summed E-state index contributed by atoms with van der Waals surface area (Å²) >= 11 is 3.31. The Labute approximate surface area is 188 Å². The van der Waals surface area contributed by atoms with Gasteiger partial charge in [-0.05, 0) is 58.2 Å². The Hall–Kier alpha value is -3.61. The highest BCUT2D eigenvalue weighted by Gasteiger charge is 2.13. The lowest BCUT2D eigenvalue weighted by Crippen LogP contribution is -2.37. The van der Waals surface area contributed by atoms with Gasteiger partial charge in [0.25, 0.3) is 0 Å². The number of anilines is 3. The highest BCUT2D eigenvalue weighted by molar-refractivity contribution is 9.10. The van der Waals surface area contributed by atoms with Crippen molar-refractivity contribution in [1.82, 2.24) is 9.97 Å². The molecule has 0 saturated heterocycles. The van der Waals surface area contributed by atoms with E-state index < -0.39 is 0 Å². The average molecular weight is 482 g/mol. The first kappa shape index (κ1) is 22.1. The molecule has 0 bridgehead atoms. The molecule has 4 N–H and O–H groups in total. The molecule has 1 amide bonds. The van der Waals surface area contributed by atoms with E-state index in [1.807, 2.05) is 0 Å². The fourth-order valence-electron chi connectivity index (χ4n) is 2.66. The van der Waals surface area contributed by atoms with Crippen LogP contribution in [0.25, 0.3) is 0 Å². The molecule has 0 atom stereocenters. The smallest absolute Gasteiger partial charge is 0.241 e. The number of rotatable bonds is 8. The number of hydrogen-bond acceptors (Lipinski definition) is 7. The van der Waals surface area contributed by atoms with E-state index in [2.05, 4.69) is 37.1 Å². The summed E-state index contributed by atoms with van der Waals surface area (Å²) in [7, 11) is 0. The molecule has 0 fully saturated rings. The lowest BCUT2D eigenvalue weighted by atomic mass is 10.1. The number of hydrazine groups is 1. The fraction of sp³-hybridized carbons (Fsp3) is 0.136. The summed E-state index contributed by atoms with van der Waals surface area (Å²) in [4.78, 5) is 21.0. The Balaban J connectivity index is 1.65. The number of benzene rings is 2. The number of phenolic OH excluding ortho intramolecular Hbond substituents is 1. The first-order valence-corrected chi connectivity index (χ1v) is 10.1. The van der Waals surface area contributed by atoms with Crippen LogP contribution in [-0.4, -0.2) is 27.6 Å². The van der Waals surface area contributed by atoms with Crippen molar-refractivity contribution < 1.29 is 14.6 Å². The van der Waals surface area contributed by atoms with Crippen molar-refractivity contribution in [2.75, 3.05) is 16.9 Å². The van der Waals surface area contributed by atoms with E-state index in [0.717, 1.165) is 10.6 Å². The van der Waals surface area contributed by atoms with Gasteiger partial charge in [-0.25, -0.2) is 15.8 Å². The van der Waals surface area contributed by atoms with Crippen LogP contribution < -0.4 is 20.9 Å². The van der Waals surface area contributed by atoms with Crippen LogP contribution in [0.3, 0.4) is 0 Å². The molecular formula is C22H20BrN5O3. The molecule has 31 heavy (non-hydrogen) atoms. The minimum absolute atomic E-state index is 0.0823. The molecule has 0 aliphatic carbocycles. The normalized spacial score (nSPS) is 10.2. The van der Waals surface area contributed by atoms with Crippen LogP contribution in [0, 0.1) is 12.3 Å². The predicted molar refractivity (Wildman–Crippen MR) is 122 cm³/mol. The molecule has 0 radical (unpaired) electrons. The summed E-state index contributed by atoms with van der Waals surface area (Å²) in [5, 5.41) is 13.5. The summed E-state index contributed by atoms with van der Waals surface area (Å²) < 4.78 is 5.94.